The maximum atomic E-state index is 11.0. The summed E-state index contributed by atoms with van der Waals surface area (Å²) in [7, 11) is 0. The molecule has 0 heterocycles. The molecule has 1 saturated carbocycles. The predicted molar refractivity (Wildman–Crippen MR) is 41.8 cm³/mol. The lowest BCUT2D eigenvalue weighted by atomic mass is 9.86. The Morgan fingerprint density at radius 1 is 1.64 bits per heavy atom. The third kappa shape index (κ3) is 2.27. The molecule has 0 saturated heterocycles. The van der Waals surface area contributed by atoms with Crippen molar-refractivity contribution in [1.82, 2.24) is 0 Å². The van der Waals surface area contributed by atoms with Gasteiger partial charge in [-0.05, 0) is 19.8 Å². The summed E-state index contributed by atoms with van der Waals surface area (Å²) in [6.45, 7) is 1.99. The van der Waals surface area contributed by atoms with Crippen LogP contribution in [0, 0.1) is 17.8 Å². The number of esters is 1. The molecule has 2 nitrogen and oxygen atoms in total. The molecular formula is C9H12O2. The van der Waals surface area contributed by atoms with Crippen molar-refractivity contribution >= 4 is 5.97 Å². The van der Waals surface area contributed by atoms with Crippen LogP contribution < -0.4 is 0 Å². The Labute approximate surface area is 66.9 Å². The molecule has 0 aliphatic heterocycles. The van der Waals surface area contributed by atoms with E-state index in [1.165, 1.54) is 6.42 Å². The van der Waals surface area contributed by atoms with Crippen molar-refractivity contribution in [3.8, 4) is 11.8 Å². The van der Waals surface area contributed by atoms with E-state index in [1.54, 1.807) is 6.92 Å². The lowest BCUT2D eigenvalue weighted by Gasteiger charge is -2.22. The fraction of sp³-hybridized carbons (Fsp3) is 0.667. The van der Waals surface area contributed by atoms with Gasteiger partial charge in [0.05, 0.1) is 5.92 Å². The highest BCUT2D eigenvalue weighted by atomic mass is 16.5. The van der Waals surface area contributed by atoms with Gasteiger partial charge in [-0.15, -0.1) is 5.92 Å². The number of carbonyl (C=O) groups is 1. The van der Waals surface area contributed by atoms with Crippen LogP contribution >= 0.6 is 0 Å². The molecule has 0 spiro atoms. The van der Waals surface area contributed by atoms with Gasteiger partial charge in [-0.1, -0.05) is 12.3 Å². The normalized spacial score (nSPS) is 16.1. The fourth-order valence-electron chi connectivity index (χ4n) is 0.941. The monoisotopic (exact) mass is 152 g/mol. The van der Waals surface area contributed by atoms with Gasteiger partial charge in [-0.2, -0.15) is 0 Å². The Kier molecular flexibility index (Phi) is 2.97. The lowest BCUT2D eigenvalue weighted by Crippen LogP contribution is -2.24. The van der Waals surface area contributed by atoms with E-state index in [-0.39, 0.29) is 18.5 Å². The van der Waals surface area contributed by atoms with Crippen LogP contribution in [0.4, 0.5) is 0 Å². The highest BCUT2D eigenvalue weighted by molar-refractivity contribution is 5.73. The highest BCUT2D eigenvalue weighted by Gasteiger charge is 2.26. The highest BCUT2D eigenvalue weighted by Crippen LogP contribution is 2.27. The number of hydrogen-bond acceptors (Lipinski definition) is 2. The quantitative estimate of drug-likeness (QED) is 0.441. The van der Waals surface area contributed by atoms with E-state index in [1.807, 2.05) is 0 Å². The molecule has 1 rings (SSSR count). The predicted octanol–water partition coefficient (Wildman–Crippen LogP) is 1.35. The Morgan fingerprint density at radius 2 is 2.36 bits per heavy atom. The van der Waals surface area contributed by atoms with Crippen molar-refractivity contribution in [1.29, 1.82) is 0 Å². The van der Waals surface area contributed by atoms with Crippen LogP contribution in [0.2, 0.25) is 0 Å². The molecule has 1 fully saturated rings. The summed E-state index contributed by atoms with van der Waals surface area (Å²) in [5.41, 5.74) is 0. The van der Waals surface area contributed by atoms with E-state index >= 15 is 0 Å². The van der Waals surface area contributed by atoms with E-state index in [4.69, 9.17) is 4.74 Å². The van der Waals surface area contributed by atoms with Gasteiger partial charge >= 0.3 is 5.97 Å². The van der Waals surface area contributed by atoms with E-state index in [9.17, 15) is 4.79 Å². The summed E-state index contributed by atoms with van der Waals surface area (Å²) in [5, 5.41) is 0. The standard InChI is InChI=1S/C9H12O2/c1-2-3-7-11-9(10)8-5-4-6-8/h8H,4-7H2,1H3. The zero-order chi connectivity index (χ0) is 8.10. The second kappa shape index (κ2) is 4.02. The Balaban J connectivity index is 2.13. The zero-order valence-electron chi connectivity index (χ0n) is 6.72. The first kappa shape index (κ1) is 8.13. The molecule has 0 unspecified atom stereocenters. The molecule has 1 aliphatic carbocycles. The first-order valence-corrected chi connectivity index (χ1v) is 3.91. The van der Waals surface area contributed by atoms with Crippen molar-refractivity contribution in [2.45, 2.75) is 26.2 Å². The minimum absolute atomic E-state index is 0.0704. The van der Waals surface area contributed by atoms with Crippen molar-refractivity contribution in [3.63, 3.8) is 0 Å². The van der Waals surface area contributed by atoms with Gasteiger partial charge in [-0.25, -0.2) is 0 Å². The van der Waals surface area contributed by atoms with Gasteiger partial charge < -0.3 is 4.74 Å². The summed E-state index contributed by atoms with van der Waals surface area (Å²) >= 11 is 0. The number of hydrogen-bond donors (Lipinski definition) is 0. The smallest absolute Gasteiger partial charge is 0.309 e. The number of rotatable bonds is 2. The van der Waals surface area contributed by atoms with E-state index in [0.717, 1.165) is 12.8 Å². The first-order valence-electron chi connectivity index (χ1n) is 3.91. The Morgan fingerprint density at radius 3 is 2.82 bits per heavy atom. The molecule has 0 N–H and O–H groups in total. The van der Waals surface area contributed by atoms with Gasteiger partial charge in [-0.3, -0.25) is 4.79 Å². The molecule has 1 aliphatic rings. The molecule has 0 bridgehead atoms. The summed E-state index contributed by atoms with van der Waals surface area (Å²) in [6, 6.07) is 0. The van der Waals surface area contributed by atoms with Crippen molar-refractivity contribution in [3.05, 3.63) is 0 Å². The Hall–Kier alpha value is -0.970. The topological polar surface area (TPSA) is 26.3 Å². The molecule has 0 aromatic rings. The van der Waals surface area contributed by atoms with Gasteiger partial charge in [0.25, 0.3) is 0 Å². The number of carbonyl (C=O) groups excluding carboxylic acids is 1. The summed E-state index contributed by atoms with van der Waals surface area (Å²) in [4.78, 5) is 11.0. The second-order valence-electron chi connectivity index (χ2n) is 2.66. The van der Waals surface area contributed by atoms with Crippen LogP contribution in [0.25, 0.3) is 0 Å². The molecular weight excluding hydrogens is 140 g/mol. The van der Waals surface area contributed by atoms with Gasteiger partial charge in [0.15, 0.2) is 6.61 Å². The maximum absolute atomic E-state index is 11.0. The lowest BCUT2D eigenvalue weighted by molar-refractivity contribution is -0.149. The SMILES string of the molecule is CC#CCOC(=O)C1CCC1. The minimum Gasteiger partial charge on any atom is -0.452 e. The number of ether oxygens (including phenoxy) is 1. The molecule has 0 radical (unpaired) electrons. The van der Waals surface area contributed by atoms with Crippen molar-refractivity contribution in [2.24, 2.45) is 5.92 Å². The Bertz CT molecular complexity index is 193. The van der Waals surface area contributed by atoms with E-state index < -0.39 is 0 Å². The molecule has 0 aromatic heterocycles. The largest absolute Gasteiger partial charge is 0.452 e. The molecule has 0 amide bonds. The maximum Gasteiger partial charge on any atom is 0.309 e. The third-order valence-electron chi connectivity index (χ3n) is 1.90. The second-order valence-corrected chi connectivity index (χ2v) is 2.66. The molecule has 2 heteroatoms. The van der Waals surface area contributed by atoms with Gasteiger partial charge in [0.1, 0.15) is 0 Å². The molecule has 60 valence electrons. The molecule has 0 atom stereocenters. The van der Waals surface area contributed by atoms with E-state index in [0.29, 0.717) is 0 Å². The van der Waals surface area contributed by atoms with Crippen LogP contribution in [-0.2, 0) is 9.53 Å². The van der Waals surface area contributed by atoms with Crippen LogP contribution in [-0.4, -0.2) is 12.6 Å². The van der Waals surface area contributed by atoms with Crippen LogP contribution in [0.15, 0.2) is 0 Å². The fourth-order valence-corrected chi connectivity index (χ4v) is 0.941. The van der Waals surface area contributed by atoms with Crippen LogP contribution in [0.3, 0.4) is 0 Å². The first-order chi connectivity index (χ1) is 5.34. The van der Waals surface area contributed by atoms with Crippen molar-refractivity contribution < 1.29 is 9.53 Å². The summed E-state index contributed by atoms with van der Waals surface area (Å²) < 4.78 is 4.87. The third-order valence-corrected chi connectivity index (χ3v) is 1.90. The summed E-state index contributed by atoms with van der Waals surface area (Å²) in [5.74, 6) is 5.46. The zero-order valence-corrected chi connectivity index (χ0v) is 6.72. The average molecular weight is 152 g/mol. The average Bonchev–Trinajstić information content (AvgIpc) is 1.84. The van der Waals surface area contributed by atoms with E-state index in [2.05, 4.69) is 11.8 Å². The molecule has 0 aromatic carbocycles. The van der Waals surface area contributed by atoms with Crippen LogP contribution in [0.1, 0.15) is 26.2 Å². The summed E-state index contributed by atoms with van der Waals surface area (Å²) in [6.07, 6.45) is 3.16. The van der Waals surface area contributed by atoms with Crippen LogP contribution in [0.5, 0.6) is 0 Å². The van der Waals surface area contributed by atoms with Crippen molar-refractivity contribution in [2.75, 3.05) is 6.61 Å². The van der Waals surface area contributed by atoms with Gasteiger partial charge in [0, 0.05) is 0 Å². The molecule has 11 heavy (non-hydrogen) atoms. The minimum atomic E-state index is -0.0704. The van der Waals surface area contributed by atoms with Gasteiger partial charge in [0.2, 0.25) is 0 Å².